The van der Waals surface area contributed by atoms with E-state index in [1.54, 1.807) is 0 Å². The first-order valence-corrected chi connectivity index (χ1v) is 5.94. The van der Waals surface area contributed by atoms with Gasteiger partial charge in [0.2, 0.25) is 0 Å². The van der Waals surface area contributed by atoms with Gasteiger partial charge in [0.05, 0.1) is 5.60 Å². The zero-order valence-corrected chi connectivity index (χ0v) is 10.0. The molecule has 0 heterocycles. The van der Waals surface area contributed by atoms with Gasteiger partial charge in [0, 0.05) is 5.02 Å². The van der Waals surface area contributed by atoms with Gasteiger partial charge in [0.1, 0.15) is 0 Å². The average molecular weight is 225 g/mol. The Bertz CT molecular complexity index is 371. The van der Waals surface area contributed by atoms with Gasteiger partial charge >= 0.3 is 0 Å². The monoisotopic (exact) mass is 224 g/mol. The van der Waals surface area contributed by atoms with Crippen LogP contribution in [0.3, 0.4) is 0 Å². The van der Waals surface area contributed by atoms with Crippen molar-refractivity contribution in [3.05, 3.63) is 34.3 Å². The van der Waals surface area contributed by atoms with Crippen LogP contribution in [-0.4, -0.2) is 5.11 Å². The third-order valence-corrected chi connectivity index (χ3v) is 3.87. The predicted molar refractivity (Wildman–Crippen MR) is 63.1 cm³/mol. The second kappa shape index (κ2) is 3.80. The molecule has 0 bridgehead atoms. The van der Waals surface area contributed by atoms with Gasteiger partial charge in [-0.2, -0.15) is 0 Å². The number of aliphatic hydroxyl groups is 1. The molecule has 2 rings (SSSR count). The lowest BCUT2D eigenvalue weighted by molar-refractivity contribution is 0.00890. The highest BCUT2D eigenvalue weighted by Crippen LogP contribution is 2.48. The van der Waals surface area contributed by atoms with Crippen molar-refractivity contribution in [2.45, 2.75) is 38.7 Å². The number of hydrogen-bond donors (Lipinski definition) is 1. The van der Waals surface area contributed by atoms with Gasteiger partial charge in [-0.3, -0.25) is 0 Å². The summed E-state index contributed by atoms with van der Waals surface area (Å²) in [5.41, 5.74) is 1.38. The minimum atomic E-state index is -0.655. The SMILES string of the molecule is CCC(O)(c1ccc(C)c(Cl)c1)C1CC1. The number of benzene rings is 1. The summed E-state index contributed by atoms with van der Waals surface area (Å²) in [6.45, 7) is 4.01. The summed E-state index contributed by atoms with van der Waals surface area (Å²) in [6.07, 6.45) is 3.03. The Morgan fingerprint density at radius 2 is 2.13 bits per heavy atom. The van der Waals surface area contributed by atoms with Gasteiger partial charge in [-0.1, -0.05) is 30.7 Å². The molecular formula is C13H17ClO. The molecule has 1 aromatic rings. The number of halogens is 1. The number of hydrogen-bond acceptors (Lipinski definition) is 1. The van der Waals surface area contributed by atoms with Crippen molar-refractivity contribution in [1.29, 1.82) is 0 Å². The van der Waals surface area contributed by atoms with E-state index in [0.717, 1.165) is 35.4 Å². The van der Waals surface area contributed by atoms with Crippen LogP contribution in [0.2, 0.25) is 5.02 Å². The fourth-order valence-corrected chi connectivity index (χ4v) is 2.33. The molecule has 0 radical (unpaired) electrons. The molecule has 0 spiro atoms. The molecule has 1 fully saturated rings. The van der Waals surface area contributed by atoms with Crippen LogP contribution in [-0.2, 0) is 5.60 Å². The van der Waals surface area contributed by atoms with Crippen LogP contribution >= 0.6 is 11.6 Å². The highest BCUT2D eigenvalue weighted by molar-refractivity contribution is 6.31. The number of rotatable bonds is 3. The zero-order chi connectivity index (χ0) is 11.1. The highest BCUT2D eigenvalue weighted by Gasteiger charge is 2.43. The molecule has 0 aliphatic heterocycles. The van der Waals surface area contributed by atoms with Crippen molar-refractivity contribution in [3.63, 3.8) is 0 Å². The minimum Gasteiger partial charge on any atom is -0.385 e. The van der Waals surface area contributed by atoms with Gasteiger partial charge in [-0.15, -0.1) is 0 Å². The first-order chi connectivity index (χ1) is 7.08. The largest absolute Gasteiger partial charge is 0.385 e. The van der Waals surface area contributed by atoms with E-state index in [9.17, 15) is 5.11 Å². The molecule has 1 nitrogen and oxygen atoms in total. The smallest absolute Gasteiger partial charge is 0.0922 e. The summed E-state index contributed by atoms with van der Waals surface area (Å²) in [7, 11) is 0. The Hall–Kier alpha value is -0.530. The lowest BCUT2D eigenvalue weighted by Crippen LogP contribution is -2.27. The molecule has 0 saturated heterocycles. The predicted octanol–water partition coefficient (Wildman–Crippen LogP) is 3.66. The maximum Gasteiger partial charge on any atom is 0.0922 e. The van der Waals surface area contributed by atoms with Crippen LogP contribution in [0.25, 0.3) is 0 Å². The first kappa shape index (κ1) is 11.0. The van der Waals surface area contributed by atoms with Crippen LogP contribution in [0.15, 0.2) is 18.2 Å². The lowest BCUT2D eigenvalue weighted by atomic mass is 9.86. The summed E-state index contributed by atoms with van der Waals surface area (Å²) in [5, 5.41) is 11.3. The second-order valence-electron chi connectivity index (χ2n) is 4.52. The summed E-state index contributed by atoms with van der Waals surface area (Å²) in [5.74, 6) is 0.432. The molecule has 0 amide bonds. The molecule has 1 N–H and O–H groups in total. The number of aryl methyl sites for hydroxylation is 1. The third-order valence-electron chi connectivity index (χ3n) is 3.46. The van der Waals surface area contributed by atoms with E-state index in [2.05, 4.69) is 0 Å². The van der Waals surface area contributed by atoms with Gasteiger partial charge in [-0.05, 0) is 49.3 Å². The van der Waals surface area contributed by atoms with Crippen LogP contribution < -0.4 is 0 Å². The second-order valence-corrected chi connectivity index (χ2v) is 4.92. The topological polar surface area (TPSA) is 20.2 Å². The molecule has 1 aromatic carbocycles. The Kier molecular flexibility index (Phi) is 2.78. The summed E-state index contributed by atoms with van der Waals surface area (Å²) >= 11 is 6.09. The van der Waals surface area contributed by atoms with Crippen LogP contribution in [0.5, 0.6) is 0 Å². The molecule has 0 aromatic heterocycles. The molecule has 1 unspecified atom stereocenters. The van der Waals surface area contributed by atoms with E-state index in [-0.39, 0.29) is 0 Å². The fourth-order valence-electron chi connectivity index (χ4n) is 2.15. The lowest BCUT2D eigenvalue weighted by Gasteiger charge is -2.27. The quantitative estimate of drug-likeness (QED) is 0.831. The first-order valence-electron chi connectivity index (χ1n) is 5.57. The van der Waals surface area contributed by atoms with Gasteiger partial charge in [0.15, 0.2) is 0 Å². The molecule has 1 aliphatic rings. The van der Waals surface area contributed by atoms with Gasteiger partial charge in [-0.25, -0.2) is 0 Å². The van der Waals surface area contributed by atoms with Crippen LogP contribution in [0.4, 0.5) is 0 Å². The standard InChI is InChI=1S/C13H17ClO/c1-3-13(15,10-6-7-10)11-5-4-9(2)12(14)8-11/h4-5,8,10,15H,3,6-7H2,1-2H3. The third kappa shape index (κ3) is 1.91. The van der Waals surface area contributed by atoms with E-state index < -0.39 is 5.60 Å². The van der Waals surface area contributed by atoms with Gasteiger partial charge in [0.25, 0.3) is 0 Å². The van der Waals surface area contributed by atoms with Crippen molar-refractivity contribution in [2.24, 2.45) is 5.92 Å². The summed E-state index contributed by atoms with van der Waals surface area (Å²) in [4.78, 5) is 0. The van der Waals surface area contributed by atoms with E-state index in [4.69, 9.17) is 11.6 Å². The van der Waals surface area contributed by atoms with E-state index in [0.29, 0.717) is 5.92 Å². The molecule has 2 heteroatoms. The fraction of sp³-hybridized carbons (Fsp3) is 0.538. The van der Waals surface area contributed by atoms with Crippen molar-refractivity contribution in [2.75, 3.05) is 0 Å². The molecule has 1 aliphatic carbocycles. The van der Waals surface area contributed by atoms with Crippen LogP contribution in [0.1, 0.15) is 37.3 Å². The van der Waals surface area contributed by atoms with E-state index >= 15 is 0 Å². The minimum absolute atomic E-state index is 0.432. The summed E-state index contributed by atoms with van der Waals surface area (Å²) in [6, 6.07) is 5.91. The van der Waals surface area contributed by atoms with Gasteiger partial charge < -0.3 is 5.11 Å². The van der Waals surface area contributed by atoms with E-state index in [1.807, 2.05) is 32.0 Å². The van der Waals surface area contributed by atoms with Crippen molar-refractivity contribution in [1.82, 2.24) is 0 Å². The van der Waals surface area contributed by atoms with Crippen molar-refractivity contribution in [3.8, 4) is 0 Å². The zero-order valence-electron chi connectivity index (χ0n) is 9.26. The normalized spacial score (nSPS) is 20.0. The Morgan fingerprint density at radius 1 is 1.47 bits per heavy atom. The Labute approximate surface area is 96.1 Å². The molecular weight excluding hydrogens is 208 g/mol. The Balaban J connectivity index is 2.38. The van der Waals surface area contributed by atoms with Crippen LogP contribution in [0, 0.1) is 12.8 Å². The van der Waals surface area contributed by atoms with Crippen molar-refractivity contribution >= 4 is 11.6 Å². The molecule has 1 atom stereocenters. The molecule has 82 valence electrons. The average Bonchev–Trinajstić information content (AvgIpc) is 3.04. The maximum absolute atomic E-state index is 10.6. The maximum atomic E-state index is 10.6. The highest BCUT2D eigenvalue weighted by atomic mass is 35.5. The Morgan fingerprint density at radius 3 is 2.60 bits per heavy atom. The molecule has 1 saturated carbocycles. The van der Waals surface area contributed by atoms with Crippen molar-refractivity contribution < 1.29 is 5.11 Å². The van der Waals surface area contributed by atoms with E-state index in [1.165, 1.54) is 0 Å². The molecule has 15 heavy (non-hydrogen) atoms. The summed E-state index contributed by atoms with van der Waals surface area (Å²) < 4.78 is 0.